The Morgan fingerprint density at radius 3 is 2.70 bits per heavy atom. The van der Waals surface area contributed by atoms with Crippen molar-refractivity contribution in [2.45, 2.75) is 26.2 Å². The van der Waals surface area contributed by atoms with Gasteiger partial charge in [0.2, 0.25) is 5.91 Å². The zero-order valence-electron chi connectivity index (χ0n) is 12.5. The average molecular weight is 277 g/mol. The van der Waals surface area contributed by atoms with Crippen LogP contribution in [0, 0.1) is 5.92 Å². The van der Waals surface area contributed by atoms with Gasteiger partial charge in [0.15, 0.2) is 11.5 Å². The van der Waals surface area contributed by atoms with Gasteiger partial charge in [-0.3, -0.25) is 4.79 Å². The number of hydrogen-bond acceptors (Lipinski definition) is 3. The minimum atomic E-state index is 0.198. The van der Waals surface area contributed by atoms with Gasteiger partial charge in [-0.1, -0.05) is 13.0 Å². The van der Waals surface area contributed by atoms with E-state index in [0.717, 1.165) is 25.1 Å². The molecule has 1 aromatic carbocycles. The molecule has 4 heteroatoms. The van der Waals surface area contributed by atoms with E-state index in [0.29, 0.717) is 23.8 Å². The van der Waals surface area contributed by atoms with Crippen molar-refractivity contribution < 1.29 is 14.3 Å². The zero-order valence-corrected chi connectivity index (χ0v) is 12.5. The van der Waals surface area contributed by atoms with Crippen LogP contribution < -0.4 is 9.47 Å². The maximum atomic E-state index is 12.3. The van der Waals surface area contributed by atoms with E-state index in [1.54, 1.807) is 14.2 Å². The first kappa shape index (κ1) is 14.7. The van der Waals surface area contributed by atoms with Crippen LogP contribution in [-0.4, -0.2) is 38.1 Å². The lowest BCUT2D eigenvalue weighted by Crippen LogP contribution is -2.39. The highest BCUT2D eigenvalue weighted by Gasteiger charge is 2.21. The van der Waals surface area contributed by atoms with E-state index in [1.165, 1.54) is 6.42 Å². The summed E-state index contributed by atoms with van der Waals surface area (Å²) < 4.78 is 10.5. The molecule has 0 aliphatic carbocycles. The standard InChI is InChI=1S/C16H23NO3/c1-12-5-4-8-17(11-12)16(18)10-13-6-7-14(19-2)15(9-13)20-3/h6-7,9,12H,4-5,8,10-11H2,1-3H3/t12-/m0/s1. The molecular weight excluding hydrogens is 254 g/mol. The van der Waals surface area contributed by atoms with Gasteiger partial charge in [0, 0.05) is 13.1 Å². The molecule has 0 aromatic heterocycles. The number of benzene rings is 1. The molecule has 0 N–H and O–H groups in total. The van der Waals surface area contributed by atoms with Gasteiger partial charge in [-0.2, -0.15) is 0 Å². The number of rotatable bonds is 4. The second-order valence-corrected chi connectivity index (χ2v) is 5.45. The smallest absolute Gasteiger partial charge is 0.227 e. The molecule has 1 amide bonds. The van der Waals surface area contributed by atoms with Gasteiger partial charge in [0.05, 0.1) is 20.6 Å². The third-order valence-electron chi connectivity index (χ3n) is 3.81. The first-order valence-electron chi connectivity index (χ1n) is 7.12. The minimum Gasteiger partial charge on any atom is -0.493 e. The minimum absolute atomic E-state index is 0.198. The number of carbonyl (C=O) groups is 1. The highest BCUT2D eigenvalue weighted by Crippen LogP contribution is 2.28. The van der Waals surface area contributed by atoms with Gasteiger partial charge in [0.1, 0.15) is 0 Å². The molecule has 1 aliphatic heterocycles. The molecule has 4 nitrogen and oxygen atoms in total. The molecule has 0 unspecified atom stereocenters. The van der Waals surface area contributed by atoms with Crippen LogP contribution >= 0.6 is 0 Å². The summed E-state index contributed by atoms with van der Waals surface area (Å²) in [5, 5.41) is 0. The predicted octanol–water partition coefficient (Wildman–Crippen LogP) is 2.50. The Kier molecular flexibility index (Phi) is 4.88. The second kappa shape index (κ2) is 6.64. The van der Waals surface area contributed by atoms with Crippen LogP contribution in [0.25, 0.3) is 0 Å². The largest absolute Gasteiger partial charge is 0.493 e. The summed E-state index contributed by atoms with van der Waals surface area (Å²) in [6.07, 6.45) is 2.76. The maximum Gasteiger partial charge on any atom is 0.227 e. The van der Waals surface area contributed by atoms with E-state index in [4.69, 9.17) is 9.47 Å². The third kappa shape index (κ3) is 3.44. The van der Waals surface area contributed by atoms with Crippen LogP contribution in [-0.2, 0) is 11.2 Å². The van der Waals surface area contributed by atoms with Crippen molar-refractivity contribution in [2.75, 3.05) is 27.3 Å². The number of ether oxygens (including phenoxy) is 2. The molecule has 0 saturated carbocycles. The Morgan fingerprint density at radius 1 is 1.30 bits per heavy atom. The van der Waals surface area contributed by atoms with Gasteiger partial charge in [-0.25, -0.2) is 0 Å². The summed E-state index contributed by atoms with van der Waals surface area (Å²) in [6, 6.07) is 5.65. The monoisotopic (exact) mass is 277 g/mol. The molecule has 0 radical (unpaired) electrons. The van der Waals surface area contributed by atoms with Crippen LogP contribution in [0.5, 0.6) is 11.5 Å². The van der Waals surface area contributed by atoms with Gasteiger partial charge >= 0.3 is 0 Å². The van der Waals surface area contributed by atoms with Crippen molar-refractivity contribution in [1.82, 2.24) is 4.90 Å². The van der Waals surface area contributed by atoms with E-state index < -0.39 is 0 Å². The van der Waals surface area contributed by atoms with Crippen molar-refractivity contribution in [3.63, 3.8) is 0 Å². The molecule has 110 valence electrons. The lowest BCUT2D eigenvalue weighted by Gasteiger charge is -2.31. The van der Waals surface area contributed by atoms with Crippen molar-refractivity contribution >= 4 is 5.91 Å². The fraction of sp³-hybridized carbons (Fsp3) is 0.562. The molecule has 1 fully saturated rings. The first-order valence-corrected chi connectivity index (χ1v) is 7.12. The Labute approximate surface area is 120 Å². The Morgan fingerprint density at radius 2 is 2.05 bits per heavy atom. The van der Waals surface area contributed by atoms with Crippen LogP contribution in [0.15, 0.2) is 18.2 Å². The number of piperidine rings is 1. The van der Waals surface area contributed by atoms with Gasteiger partial charge in [-0.05, 0) is 36.5 Å². The van der Waals surface area contributed by atoms with E-state index in [1.807, 2.05) is 23.1 Å². The third-order valence-corrected chi connectivity index (χ3v) is 3.81. The van der Waals surface area contributed by atoms with Crippen molar-refractivity contribution in [1.29, 1.82) is 0 Å². The molecule has 1 heterocycles. The molecule has 1 saturated heterocycles. The number of likely N-dealkylation sites (tertiary alicyclic amines) is 1. The van der Waals surface area contributed by atoms with E-state index >= 15 is 0 Å². The number of amides is 1. The molecule has 1 atom stereocenters. The van der Waals surface area contributed by atoms with E-state index in [9.17, 15) is 4.79 Å². The maximum absolute atomic E-state index is 12.3. The molecule has 0 bridgehead atoms. The predicted molar refractivity (Wildman–Crippen MR) is 78.2 cm³/mol. The average Bonchev–Trinajstić information content (AvgIpc) is 2.47. The number of carbonyl (C=O) groups excluding carboxylic acids is 1. The molecule has 2 rings (SSSR count). The fourth-order valence-electron chi connectivity index (χ4n) is 2.69. The number of hydrogen-bond donors (Lipinski definition) is 0. The Balaban J connectivity index is 2.03. The lowest BCUT2D eigenvalue weighted by atomic mass is 9.99. The quantitative estimate of drug-likeness (QED) is 0.849. The molecule has 1 aromatic rings. The number of nitrogens with zero attached hydrogens (tertiary/aromatic N) is 1. The van der Waals surface area contributed by atoms with Gasteiger partial charge in [-0.15, -0.1) is 0 Å². The van der Waals surface area contributed by atoms with Gasteiger partial charge in [0.25, 0.3) is 0 Å². The molecule has 20 heavy (non-hydrogen) atoms. The van der Waals surface area contributed by atoms with Crippen LogP contribution in [0.3, 0.4) is 0 Å². The lowest BCUT2D eigenvalue weighted by molar-refractivity contribution is -0.132. The Bertz CT molecular complexity index is 473. The van der Waals surface area contributed by atoms with Crippen LogP contribution in [0.2, 0.25) is 0 Å². The number of methoxy groups -OCH3 is 2. The van der Waals surface area contributed by atoms with E-state index in [-0.39, 0.29) is 5.91 Å². The van der Waals surface area contributed by atoms with Crippen LogP contribution in [0.1, 0.15) is 25.3 Å². The molecule has 1 aliphatic rings. The summed E-state index contributed by atoms with van der Waals surface area (Å²) in [5.74, 6) is 2.17. The highest BCUT2D eigenvalue weighted by atomic mass is 16.5. The summed E-state index contributed by atoms with van der Waals surface area (Å²) >= 11 is 0. The molecule has 0 spiro atoms. The van der Waals surface area contributed by atoms with Crippen LogP contribution in [0.4, 0.5) is 0 Å². The second-order valence-electron chi connectivity index (χ2n) is 5.45. The van der Waals surface area contributed by atoms with E-state index in [2.05, 4.69) is 6.92 Å². The Hall–Kier alpha value is -1.71. The first-order chi connectivity index (χ1) is 9.63. The van der Waals surface area contributed by atoms with Crippen molar-refractivity contribution in [2.24, 2.45) is 5.92 Å². The summed E-state index contributed by atoms with van der Waals surface area (Å²) in [7, 11) is 3.22. The normalized spacial score (nSPS) is 18.8. The highest BCUT2D eigenvalue weighted by molar-refractivity contribution is 5.79. The summed E-state index contributed by atoms with van der Waals surface area (Å²) in [6.45, 7) is 3.97. The SMILES string of the molecule is COc1ccc(CC(=O)N2CCC[C@H](C)C2)cc1OC. The summed E-state index contributed by atoms with van der Waals surface area (Å²) in [5.41, 5.74) is 0.964. The zero-order chi connectivity index (χ0) is 14.5. The summed E-state index contributed by atoms with van der Waals surface area (Å²) in [4.78, 5) is 14.3. The molecular formula is C16H23NO3. The van der Waals surface area contributed by atoms with Crippen molar-refractivity contribution in [3.05, 3.63) is 23.8 Å². The van der Waals surface area contributed by atoms with Crippen molar-refractivity contribution in [3.8, 4) is 11.5 Å². The fourth-order valence-corrected chi connectivity index (χ4v) is 2.69. The topological polar surface area (TPSA) is 38.8 Å². The van der Waals surface area contributed by atoms with Gasteiger partial charge < -0.3 is 14.4 Å².